The second-order valence-corrected chi connectivity index (χ2v) is 8.31. The van der Waals surface area contributed by atoms with E-state index >= 15 is 0 Å². The van der Waals surface area contributed by atoms with Crippen LogP contribution < -0.4 is 10.1 Å². The molecule has 2 aromatic heterocycles. The van der Waals surface area contributed by atoms with Crippen LogP contribution in [0, 0.1) is 0 Å². The highest BCUT2D eigenvalue weighted by Gasteiger charge is 2.34. The van der Waals surface area contributed by atoms with Crippen LogP contribution in [0.5, 0.6) is 5.75 Å². The molecule has 0 radical (unpaired) electrons. The van der Waals surface area contributed by atoms with Gasteiger partial charge in [-0.15, -0.1) is 11.3 Å². The van der Waals surface area contributed by atoms with Crippen molar-refractivity contribution in [1.29, 1.82) is 0 Å². The number of ether oxygens (including phenoxy) is 1. The van der Waals surface area contributed by atoms with Gasteiger partial charge in [-0.05, 0) is 29.8 Å². The Kier molecular flexibility index (Phi) is 5.82. The predicted octanol–water partition coefficient (Wildman–Crippen LogP) is 4.70. The number of rotatable bonds is 8. The van der Waals surface area contributed by atoms with Crippen molar-refractivity contribution in [3.8, 4) is 5.75 Å². The first-order valence-electron chi connectivity index (χ1n) is 10.5. The topological polar surface area (TPSA) is 84.4 Å². The molecule has 0 spiro atoms. The van der Waals surface area contributed by atoms with E-state index in [1.165, 1.54) is 16.2 Å². The summed E-state index contributed by atoms with van der Waals surface area (Å²) >= 11 is 1.43. The number of pyridine rings is 1. The molecule has 3 heterocycles. The van der Waals surface area contributed by atoms with Gasteiger partial charge in [-0.1, -0.05) is 42.5 Å². The van der Waals surface area contributed by atoms with Crippen LogP contribution in [0.1, 0.15) is 32.0 Å². The van der Waals surface area contributed by atoms with E-state index in [9.17, 15) is 9.59 Å². The Labute approximate surface area is 194 Å². The Morgan fingerprint density at radius 3 is 2.39 bits per heavy atom. The van der Waals surface area contributed by atoms with E-state index in [4.69, 9.17) is 4.74 Å². The Morgan fingerprint density at radius 2 is 1.64 bits per heavy atom. The lowest BCUT2D eigenvalue weighted by Gasteiger charge is -2.12. The number of imide groups is 1. The van der Waals surface area contributed by atoms with Crippen LogP contribution in [0.3, 0.4) is 0 Å². The van der Waals surface area contributed by atoms with Crippen molar-refractivity contribution in [2.24, 2.45) is 0 Å². The van der Waals surface area contributed by atoms with Gasteiger partial charge in [0, 0.05) is 24.5 Å². The first-order chi connectivity index (χ1) is 16.2. The van der Waals surface area contributed by atoms with E-state index < -0.39 is 0 Å². The maximum Gasteiger partial charge on any atom is 0.261 e. The number of aromatic nitrogens is 2. The zero-order valence-electron chi connectivity index (χ0n) is 17.6. The summed E-state index contributed by atoms with van der Waals surface area (Å²) in [7, 11) is 0. The number of nitrogens with one attached hydrogen (secondary N) is 1. The molecule has 5 rings (SSSR count). The van der Waals surface area contributed by atoms with Crippen molar-refractivity contribution >= 4 is 34.1 Å². The van der Waals surface area contributed by atoms with Crippen LogP contribution >= 0.6 is 11.3 Å². The van der Waals surface area contributed by atoms with Crippen molar-refractivity contribution < 1.29 is 14.3 Å². The average Bonchev–Trinajstić information content (AvgIpc) is 3.40. The predicted molar refractivity (Wildman–Crippen MR) is 126 cm³/mol. The Bertz CT molecular complexity index is 1270. The second-order valence-electron chi connectivity index (χ2n) is 7.45. The number of anilines is 2. The first kappa shape index (κ1) is 20.8. The quantitative estimate of drug-likeness (QED) is 0.387. The van der Waals surface area contributed by atoms with Crippen molar-refractivity contribution in [3.63, 3.8) is 0 Å². The Balaban J connectivity index is 1.22. The Hall–Kier alpha value is -4.04. The number of fused-ring (bicyclic) bond motifs is 1. The third kappa shape index (κ3) is 4.47. The zero-order valence-corrected chi connectivity index (χ0v) is 18.4. The van der Waals surface area contributed by atoms with Crippen molar-refractivity contribution in [2.45, 2.75) is 13.0 Å². The number of carbonyl (C=O) groups excluding carboxylic acids is 2. The SMILES string of the molecule is O=C1c2ccccc2C(=O)N1CCc1csc(Nc2ncccc2OCc2ccccc2)n1. The van der Waals surface area contributed by atoms with Crippen LogP contribution in [-0.2, 0) is 13.0 Å². The third-order valence-electron chi connectivity index (χ3n) is 5.25. The molecule has 1 aliphatic heterocycles. The van der Waals surface area contributed by atoms with Gasteiger partial charge in [0.1, 0.15) is 6.61 Å². The van der Waals surface area contributed by atoms with Gasteiger partial charge in [0.15, 0.2) is 16.7 Å². The molecule has 0 atom stereocenters. The van der Waals surface area contributed by atoms with Crippen molar-refractivity contribution in [1.82, 2.24) is 14.9 Å². The molecular weight excluding hydrogens is 436 g/mol. The highest BCUT2D eigenvalue weighted by molar-refractivity contribution is 7.13. The Morgan fingerprint density at radius 1 is 0.909 bits per heavy atom. The molecule has 33 heavy (non-hydrogen) atoms. The molecule has 1 aliphatic rings. The lowest BCUT2D eigenvalue weighted by atomic mass is 10.1. The van der Waals surface area contributed by atoms with E-state index in [1.807, 2.05) is 47.8 Å². The summed E-state index contributed by atoms with van der Waals surface area (Å²) in [4.78, 5) is 35.3. The normalized spacial score (nSPS) is 12.7. The van der Waals surface area contributed by atoms with E-state index in [1.54, 1.807) is 30.5 Å². The lowest BCUT2D eigenvalue weighted by Crippen LogP contribution is -2.31. The molecule has 0 saturated heterocycles. The fraction of sp³-hybridized carbons (Fsp3) is 0.120. The maximum atomic E-state index is 12.5. The van der Waals surface area contributed by atoms with Gasteiger partial charge in [-0.2, -0.15) is 0 Å². The number of benzene rings is 2. The summed E-state index contributed by atoms with van der Waals surface area (Å²) in [6.45, 7) is 0.717. The summed E-state index contributed by atoms with van der Waals surface area (Å²) in [6, 6.07) is 20.5. The number of hydrogen-bond acceptors (Lipinski definition) is 7. The molecule has 2 amide bonds. The molecule has 1 N–H and O–H groups in total. The minimum atomic E-state index is -0.252. The van der Waals surface area contributed by atoms with E-state index in [0.29, 0.717) is 40.9 Å². The second kappa shape index (κ2) is 9.22. The highest BCUT2D eigenvalue weighted by atomic mass is 32.1. The minimum Gasteiger partial charge on any atom is -0.485 e. The van der Waals surface area contributed by atoms with Crippen LogP contribution in [0.2, 0.25) is 0 Å². The van der Waals surface area contributed by atoms with E-state index in [2.05, 4.69) is 15.3 Å². The summed E-state index contributed by atoms with van der Waals surface area (Å²) < 4.78 is 5.94. The smallest absolute Gasteiger partial charge is 0.261 e. The molecule has 0 aliphatic carbocycles. The zero-order chi connectivity index (χ0) is 22.6. The molecule has 0 unspecified atom stereocenters. The van der Waals surface area contributed by atoms with Gasteiger partial charge >= 0.3 is 0 Å². The minimum absolute atomic E-state index is 0.252. The number of hydrogen-bond donors (Lipinski definition) is 1. The van der Waals surface area contributed by atoms with Crippen LogP contribution in [-0.4, -0.2) is 33.2 Å². The first-order valence-corrected chi connectivity index (χ1v) is 11.4. The summed E-state index contributed by atoms with van der Waals surface area (Å²) in [5.41, 5.74) is 2.78. The molecule has 4 aromatic rings. The fourth-order valence-electron chi connectivity index (χ4n) is 3.59. The van der Waals surface area contributed by atoms with Crippen LogP contribution in [0.4, 0.5) is 10.9 Å². The summed E-state index contributed by atoms with van der Waals surface area (Å²) in [6.07, 6.45) is 2.16. The molecule has 0 bridgehead atoms. The number of nitrogens with zero attached hydrogens (tertiary/aromatic N) is 3. The van der Waals surface area contributed by atoms with Crippen LogP contribution in [0.25, 0.3) is 0 Å². The largest absolute Gasteiger partial charge is 0.485 e. The van der Waals surface area contributed by atoms with Gasteiger partial charge in [-0.3, -0.25) is 14.5 Å². The van der Waals surface area contributed by atoms with E-state index in [0.717, 1.165) is 11.3 Å². The monoisotopic (exact) mass is 456 g/mol. The van der Waals surface area contributed by atoms with Crippen molar-refractivity contribution in [3.05, 3.63) is 101 Å². The summed E-state index contributed by atoms with van der Waals surface area (Å²) in [5, 5.41) is 5.79. The number of amides is 2. The average molecular weight is 457 g/mol. The lowest BCUT2D eigenvalue weighted by molar-refractivity contribution is 0.0656. The molecule has 7 nitrogen and oxygen atoms in total. The molecule has 164 valence electrons. The van der Waals surface area contributed by atoms with Gasteiger partial charge in [0.05, 0.1) is 16.8 Å². The number of carbonyl (C=O) groups is 2. The summed E-state index contributed by atoms with van der Waals surface area (Å²) in [5.74, 6) is 0.703. The van der Waals surface area contributed by atoms with Crippen molar-refractivity contribution in [2.75, 3.05) is 11.9 Å². The molecule has 2 aromatic carbocycles. The van der Waals surface area contributed by atoms with E-state index in [-0.39, 0.29) is 18.4 Å². The molecule has 8 heteroatoms. The third-order valence-corrected chi connectivity index (χ3v) is 6.06. The number of thiazole rings is 1. The fourth-order valence-corrected chi connectivity index (χ4v) is 4.33. The van der Waals surface area contributed by atoms with Gasteiger partial charge in [0.2, 0.25) is 0 Å². The van der Waals surface area contributed by atoms with Crippen LogP contribution in [0.15, 0.2) is 78.3 Å². The van der Waals surface area contributed by atoms with Gasteiger partial charge < -0.3 is 10.1 Å². The molecular formula is C25H20N4O3S. The molecule has 0 saturated carbocycles. The van der Waals surface area contributed by atoms with Gasteiger partial charge in [0.25, 0.3) is 11.8 Å². The maximum absolute atomic E-state index is 12.5. The standard InChI is InChI=1S/C25H20N4O3S/c30-23-19-9-4-5-10-20(19)24(31)29(23)14-12-18-16-33-25(27-18)28-22-21(11-6-13-26-22)32-15-17-7-2-1-3-8-17/h1-11,13,16H,12,14-15H2,(H,26,27,28). The van der Waals surface area contributed by atoms with Gasteiger partial charge in [-0.25, -0.2) is 9.97 Å². The molecule has 0 fully saturated rings. The highest BCUT2D eigenvalue weighted by Crippen LogP contribution is 2.28.